The lowest BCUT2D eigenvalue weighted by Crippen LogP contribution is -2.50. The Morgan fingerprint density at radius 2 is 0.977 bits per heavy atom. The molecule has 252 valence electrons. The second kappa shape index (κ2) is 33.5. The highest BCUT2D eigenvalue weighted by molar-refractivity contribution is 5.76. The van der Waals surface area contributed by atoms with Crippen molar-refractivity contribution in [3.8, 4) is 0 Å². The van der Waals surface area contributed by atoms with Crippen LogP contribution in [0.5, 0.6) is 0 Å². The lowest BCUT2D eigenvalue weighted by Gasteiger charge is -2.26. The minimum Gasteiger partial charge on any atom is -0.394 e. The molecule has 0 fully saturated rings. The maximum Gasteiger partial charge on any atom is 0.220 e. The summed E-state index contributed by atoms with van der Waals surface area (Å²) in [7, 11) is 0. The lowest BCUT2D eigenvalue weighted by molar-refractivity contribution is -0.124. The van der Waals surface area contributed by atoms with E-state index < -0.39 is 18.2 Å². The fourth-order valence-corrected chi connectivity index (χ4v) is 5.27. The van der Waals surface area contributed by atoms with E-state index in [1.54, 1.807) is 0 Å². The van der Waals surface area contributed by atoms with E-state index in [-0.39, 0.29) is 12.5 Å². The van der Waals surface area contributed by atoms with Crippen LogP contribution in [0.25, 0.3) is 0 Å². The Bertz CT molecular complexity index is 675. The summed E-state index contributed by atoms with van der Waals surface area (Å²) in [5.74, 6) is -0.176. The van der Waals surface area contributed by atoms with Crippen molar-refractivity contribution in [2.24, 2.45) is 0 Å². The van der Waals surface area contributed by atoms with Gasteiger partial charge in [0.05, 0.1) is 18.8 Å². The molecule has 0 bridgehead atoms. The summed E-state index contributed by atoms with van der Waals surface area (Å²) >= 11 is 0. The van der Waals surface area contributed by atoms with Crippen molar-refractivity contribution in [1.82, 2.24) is 5.32 Å². The van der Waals surface area contributed by atoms with E-state index in [0.29, 0.717) is 12.8 Å². The molecule has 0 rings (SSSR count). The van der Waals surface area contributed by atoms with Crippen LogP contribution < -0.4 is 5.32 Å². The number of aliphatic hydroxyl groups is 3. The zero-order chi connectivity index (χ0) is 31.6. The summed E-state index contributed by atoms with van der Waals surface area (Å²) in [6.07, 6.45) is 39.6. The molecule has 5 nitrogen and oxygen atoms in total. The molecule has 0 spiro atoms. The first-order valence-corrected chi connectivity index (χ1v) is 18.3. The number of rotatable bonds is 32. The number of aliphatic hydroxyl groups excluding tert-OH is 3. The molecule has 43 heavy (non-hydrogen) atoms. The minimum atomic E-state index is -1.17. The Hall–Kier alpha value is -1.43. The van der Waals surface area contributed by atoms with Crippen LogP contribution in [0.15, 0.2) is 36.5 Å². The molecular formula is C38H71NO4. The van der Waals surface area contributed by atoms with Gasteiger partial charge in [-0.1, -0.05) is 134 Å². The maximum absolute atomic E-state index is 12.3. The van der Waals surface area contributed by atoms with Crippen molar-refractivity contribution in [2.75, 3.05) is 6.61 Å². The molecule has 0 aromatic heterocycles. The van der Waals surface area contributed by atoms with Gasteiger partial charge in [-0.05, 0) is 70.6 Å². The zero-order valence-corrected chi connectivity index (χ0v) is 28.3. The molecule has 0 radical (unpaired) electrons. The number of nitrogens with one attached hydrogen (secondary N) is 1. The van der Waals surface area contributed by atoms with Crippen molar-refractivity contribution in [3.05, 3.63) is 36.5 Å². The Morgan fingerprint density at radius 3 is 1.49 bits per heavy atom. The van der Waals surface area contributed by atoms with Gasteiger partial charge in [-0.2, -0.15) is 0 Å². The van der Waals surface area contributed by atoms with Crippen LogP contribution in [-0.2, 0) is 4.79 Å². The van der Waals surface area contributed by atoms with Crippen LogP contribution in [-0.4, -0.2) is 46.1 Å². The fraction of sp³-hybridized carbons (Fsp3) is 0.816. The van der Waals surface area contributed by atoms with Gasteiger partial charge in [0.1, 0.15) is 6.10 Å². The average molecular weight is 606 g/mol. The SMILES string of the molecule is CCCC/C=C\CCCCCCC(=O)NC(CO)C(O)C(O)CCC/C=C/CC/C=C/CCCCCCCCCCCC. The van der Waals surface area contributed by atoms with E-state index in [2.05, 4.69) is 55.6 Å². The van der Waals surface area contributed by atoms with E-state index in [4.69, 9.17) is 0 Å². The summed E-state index contributed by atoms with van der Waals surface area (Å²) in [5, 5.41) is 33.2. The van der Waals surface area contributed by atoms with Gasteiger partial charge in [-0.15, -0.1) is 0 Å². The summed E-state index contributed by atoms with van der Waals surface area (Å²) < 4.78 is 0. The van der Waals surface area contributed by atoms with Gasteiger partial charge in [-0.3, -0.25) is 4.79 Å². The molecule has 0 aromatic carbocycles. The highest BCUT2D eigenvalue weighted by Crippen LogP contribution is 2.13. The quantitative estimate of drug-likeness (QED) is 0.0454. The first-order chi connectivity index (χ1) is 21.1. The van der Waals surface area contributed by atoms with Gasteiger partial charge in [-0.25, -0.2) is 0 Å². The topological polar surface area (TPSA) is 89.8 Å². The van der Waals surface area contributed by atoms with Gasteiger partial charge in [0.15, 0.2) is 0 Å². The van der Waals surface area contributed by atoms with Crippen molar-refractivity contribution >= 4 is 5.91 Å². The number of carbonyl (C=O) groups is 1. The van der Waals surface area contributed by atoms with E-state index >= 15 is 0 Å². The Kier molecular flexibility index (Phi) is 32.3. The predicted octanol–water partition coefficient (Wildman–Crippen LogP) is 9.65. The van der Waals surface area contributed by atoms with Crippen molar-refractivity contribution in [1.29, 1.82) is 0 Å². The van der Waals surface area contributed by atoms with Crippen LogP contribution in [0, 0.1) is 0 Å². The molecule has 0 saturated heterocycles. The smallest absolute Gasteiger partial charge is 0.220 e. The molecule has 4 N–H and O–H groups in total. The normalized spacial score (nSPS) is 14.3. The second-order valence-electron chi connectivity index (χ2n) is 12.4. The molecule has 1 amide bonds. The number of amides is 1. The Morgan fingerprint density at radius 1 is 0.558 bits per heavy atom. The van der Waals surface area contributed by atoms with E-state index in [0.717, 1.165) is 64.2 Å². The van der Waals surface area contributed by atoms with Crippen LogP contribution in [0.4, 0.5) is 0 Å². The zero-order valence-electron chi connectivity index (χ0n) is 28.3. The third kappa shape index (κ3) is 29.1. The van der Waals surface area contributed by atoms with Crippen molar-refractivity contribution in [3.63, 3.8) is 0 Å². The van der Waals surface area contributed by atoms with Crippen molar-refractivity contribution < 1.29 is 20.1 Å². The number of unbranched alkanes of at least 4 members (excludes halogenated alkanes) is 18. The summed E-state index contributed by atoms with van der Waals surface area (Å²) in [6, 6.07) is -0.835. The highest BCUT2D eigenvalue weighted by atomic mass is 16.3. The summed E-state index contributed by atoms with van der Waals surface area (Å²) in [4.78, 5) is 12.3. The number of hydrogen-bond acceptors (Lipinski definition) is 4. The summed E-state index contributed by atoms with van der Waals surface area (Å²) in [6.45, 7) is 4.09. The molecule has 0 aromatic rings. The second-order valence-corrected chi connectivity index (χ2v) is 12.4. The van der Waals surface area contributed by atoms with Gasteiger partial charge in [0.25, 0.3) is 0 Å². The molecule has 0 heterocycles. The fourth-order valence-electron chi connectivity index (χ4n) is 5.27. The van der Waals surface area contributed by atoms with Gasteiger partial charge < -0.3 is 20.6 Å². The Labute approximate surface area is 266 Å². The van der Waals surface area contributed by atoms with Crippen LogP contribution in [0.2, 0.25) is 0 Å². The lowest BCUT2D eigenvalue weighted by atomic mass is 10.0. The first-order valence-electron chi connectivity index (χ1n) is 18.3. The van der Waals surface area contributed by atoms with E-state index in [9.17, 15) is 20.1 Å². The molecule has 0 aliphatic carbocycles. The minimum absolute atomic E-state index is 0.176. The van der Waals surface area contributed by atoms with Crippen molar-refractivity contribution in [2.45, 2.75) is 193 Å². The van der Waals surface area contributed by atoms with Crippen LogP contribution in [0.3, 0.4) is 0 Å². The van der Waals surface area contributed by atoms with Gasteiger partial charge >= 0.3 is 0 Å². The molecule has 0 aliphatic rings. The number of carbonyl (C=O) groups excluding carboxylic acids is 1. The maximum atomic E-state index is 12.3. The van der Waals surface area contributed by atoms with E-state index in [1.165, 1.54) is 83.5 Å². The largest absolute Gasteiger partial charge is 0.394 e. The predicted molar refractivity (Wildman–Crippen MR) is 185 cm³/mol. The number of hydrogen-bond donors (Lipinski definition) is 4. The molecule has 5 heteroatoms. The monoisotopic (exact) mass is 606 g/mol. The molecular weight excluding hydrogens is 534 g/mol. The molecule has 0 aliphatic heterocycles. The number of allylic oxidation sites excluding steroid dienone is 6. The average Bonchev–Trinajstić information content (AvgIpc) is 3.01. The third-order valence-corrected chi connectivity index (χ3v) is 8.19. The standard InChI is InChI=1S/C38H71NO4/c1-3-5-7-9-11-13-15-16-17-18-19-20-21-22-23-24-26-28-30-32-36(41)38(43)35(34-40)39-37(42)33-31-29-27-25-14-12-10-8-6-4-2/h10,12,20-21,24,26,35-36,38,40-41,43H,3-9,11,13-19,22-23,25,27-34H2,1-2H3,(H,39,42)/b12-10-,21-20+,26-24+. The molecule has 0 saturated carbocycles. The first kappa shape index (κ1) is 41.6. The van der Waals surface area contributed by atoms with Gasteiger partial charge in [0, 0.05) is 6.42 Å². The molecule has 3 atom stereocenters. The van der Waals surface area contributed by atoms with Crippen LogP contribution in [0.1, 0.15) is 174 Å². The molecule has 3 unspecified atom stereocenters. The Balaban J connectivity index is 3.77. The summed E-state index contributed by atoms with van der Waals surface area (Å²) in [5.41, 5.74) is 0. The van der Waals surface area contributed by atoms with Gasteiger partial charge in [0.2, 0.25) is 5.91 Å². The van der Waals surface area contributed by atoms with Crippen LogP contribution >= 0.6 is 0 Å². The highest BCUT2D eigenvalue weighted by Gasteiger charge is 2.26. The third-order valence-electron chi connectivity index (χ3n) is 8.19. The van der Waals surface area contributed by atoms with E-state index in [1.807, 2.05) is 0 Å².